The van der Waals surface area contributed by atoms with Gasteiger partial charge in [0.15, 0.2) is 5.12 Å². The fraction of sp³-hybridized carbons (Fsp3) is 0.167. The maximum atomic E-state index is 13.3. The lowest BCUT2D eigenvalue weighted by atomic mass is 10.1. The van der Waals surface area contributed by atoms with E-state index in [1.165, 1.54) is 13.0 Å². The maximum absolute atomic E-state index is 13.3. The molecule has 0 bridgehead atoms. The van der Waals surface area contributed by atoms with Crippen molar-refractivity contribution in [2.75, 3.05) is 5.75 Å². The van der Waals surface area contributed by atoms with Gasteiger partial charge in [0, 0.05) is 12.7 Å². The molecule has 1 aromatic rings. The third-order valence-corrected chi connectivity index (χ3v) is 2.74. The van der Waals surface area contributed by atoms with Gasteiger partial charge in [-0.05, 0) is 17.7 Å². The van der Waals surface area contributed by atoms with Crippen LogP contribution in [0.1, 0.15) is 22.8 Å². The molecule has 18 heavy (non-hydrogen) atoms. The summed E-state index contributed by atoms with van der Waals surface area (Å²) < 4.78 is 26.6. The van der Waals surface area contributed by atoms with Crippen molar-refractivity contribution in [1.29, 1.82) is 0 Å². The summed E-state index contributed by atoms with van der Waals surface area (Å²) in [6.07, 6.45) is 2.99. The van der Waals surface area contributed by atoms with Crippen LogP contribution in [0.15, 0.2) is 18.2 Å². The number of aromatic carboxylic acids is 1. The smallest absolute Gasteiger partial charge is 0.341 e. The highest BCUT2D eigenvalue weighted by molar-refractivity contribution is 8.13. The van der Waals surface area contributed by atoms with E-state index in [-0.39, 0.29) is 10.7 Å². The van der Waals surface area contributed by atoms with E-state index in [1.807, 2.05) is 0 Å². The molecule has 1 N–H and O–H groups in total. The second kappa shape index (κ2) is 6.30. The van der Waals surface area contributed by atoms with Gasteiger partial charge in [0.2, 0.25) is 0 Å². The van der Waals surface area contributed by atoms with E-state index in [1.54, 1.807) is 6.08 Å². The van der Waals surface area contributed by atoms with Crippen LogP contribution in [-0.2, 0) is 4.79 Å². The number of carboxylic acids is 1. The summed E-state index contributed by atoms with van der Waals surface area (Å²) in [6, 6.07) is 1.86. The van der Waals surface area contributed by atoms with E-state index in [0.29, 0.717) is 5.75 Å². The van der Waals surface area contributed by atoms with Crippen molar-refractivity contribution in [2.24, 2.45) is 0 Å². The van der Waals surface area contributed by atoms with E-state index < -0.39 is 23.2 Å². The molecule has 0 unspecified atom stereocenters. The Bertz CT molecular complexity index is 489. The first kappa shape index (κ1) is 14.4. The minimum absolute atomic E-state index is 0.0572. The molecule has 0 aliphatic rings. The molecule has 0 fully saturated rings. The Labute approximate surface area is 107 Å². The van der Waals surface area contributed by atoms with E-state index in [2.05, 4.69) is 0 Å². The molecule has 0 aliphatic carbocycles. The van der Waals surface area contributed by atoms with Crippen LogP contribution in [0.3, 0.4) is 0 Å². The molecule has 1 rings (SSSR count). The first-order chi connectivity index (χ1) is 8.41. The van der Waals surface area contributed by atoms with Gasteiger partial charge in [0.25, 0.3) is 0 Å². The van der Waals surface area contributed by atoms with E-state index in [0.717, 1.165) is 23.9 Å². The average Bonchev–Trinajstić information content (AvgIpc) is 2.22. The number of thioether (sulfide) groups is 1. The Morgan fingerprint density at radius 1 is 1.33 bits per heavy atom. The number of hydrogen-bond donors (Lipinski definition) is 1. The summed E-state index contributed by atoms with van der Waals surface area (Å²) in [7, 11) is 0. The van der Waals surface area contributed by atoms with Gasteiger partial charge in [-0.15, -0.1) is 0 Å². The standard InChI is InChI=1S/C12H10F2O3S/c1-7(15)18-4-2-3-8-5-9(13)11(12(16)17)10(14)6-8/h2-3,5-6H,4H2,1H3,(H,16,17). The predicted molar refractivity (Wildman–Crippen MR) is 65.5 cm³/mol. The zero-order valence-electron chi connectivity index (χ0n) is 9.44. The van der Waals surface area contributed by atoms with Crippen molar-refractivity contribution in [3.8, 4) is 0 Å². The van der Waals surface area contributed by atoms with Gasteiger partial charge in [-0.2, -0.15) is 0 Å². The lowest BCUT2D eigenvalue weighted by Gasteiger charge is -2.01. The molecular weight excluding hydrogens is 262 g/mol. The topological polar surface area (TPSA) is 54.4 Å². The molecule has 0 aliphatic heterocycles. The molecule has 1 aromatic carbocycles. The third-order valence-electron chi connectivity index (χ3n) is 1.97. The van der Waals surface area contributed by atoms with Gasteiger partial charge < -0.3 is 5.11 Å². The van der Waals surface area contributed by atoms with E-state index in [9.17, 15) is 18.4 Å². The van der Waals surface area contributed by atoms with E-state index in [4.69, 9.17) is 5.11 Å². The van der Waals surface area contributed by atoms with Crippen LogP contribution in [0.5, 0.6) is 0 Å². The summed E-state index contributed by atoms with van der Waals surface area (Å²) in [4.78, 5) is 21.2. The largest absolute Gasteiger partial charge is 0.477 e. The SMILES string of the molecule is CC(=O)SCC=Cc1cc(F)c(C(=O)O)c(F)c1. The number of benzene rings is 1. The van der Waals surface area contributed by atoms with Gasteiger partial charge in [0.1, 0.15) is 17.2 Å². The maximum Gasteiger partial charge on any atom is 0.341 e. The normalized spacial score (nSPS) is 10.8. The second-order valence-electron chi connectivity index (χ2n) is 3.37. The number of halogens is 2. The van der Waals surface area contributed by atoms with E-state index >= 15 is 0 Å². The highest BCUT2D eigenvalue weighted by atomic mass is 32.2. The summed E-state index contributed by atoms with van der Waals surface area (Å²) >= 11 is 1.06. The van der Waals surface area contributed by atoms with Crippen molar-refractivity contribution in [1.82, 2.24) is 0 Å². The van der Waals surface area contributed by atoms with Crippen molar-refractivity contribution in [3.63, 3.8) is 0 Å². The molecular formula is C12H10F2O3S. The zero-order chi connectivity index (χ0) is 13.7. The molecule has 0 heterocycles. The predicted octanol–water partition coefficient (Wildman–Crippen LogP) is 2.96. The van der Waals surface area contributed by atoms with Crippen LogP contribution in [0.25, 0.3) is 6.08 Å². The molecule has 0 saturated carbocycles. The molecule has 0 spiro atoms. The highest BCUT2D eigenvalue weighted by Gasteiger charge is 2.16. The zero-order valence-corrected chi connectivity index (χ0v) is 10.3. The number of carboxylic acid groups (broad SMARTS) is 1. The molecule has 0 aromatic heterocycles. The lowest BCUT2D eigenvalue weighted by Crippen LogP contribution is -2.04. The highest BCUT2D eigenvalue weighted by Crippen LogP contribution is 2.17. The summed E-state index contributed by atoms with van der Waals surface area (Å²) in [5.74, 6) is -3.50. The Morgan fingerprint density at radius 3 is 2.33 bits per heavy atom. The fourth-order valence-corrected chi connectivity index (χ4v) is 1.67. The molecule has 0 atom stereocenters. The van der Waals surface area contributed by atoms with Crippen molar-refractivity contribution in [3.05, 3.63) is 41.0 Å². The second-order valence-corrected chi connectivity index (χ2v) is 4.57. The van der Waals surface area contributed by atoms with Gasteiger partial charge in [-0.25, -0.2) is 13.6 Å². The number of hydrogen-bond acceptors (Lipinski definition) is 3. The first-order valence-electron chi connectivity index (χ1n) is 4.94. The van der Waals surface area contributed by atoms with Gasteiger partial charge >= 0.3 is 5.97 Å². The van der Waals surface area contributed by atoms with Crippen molar-refractivity contribution >= 4 is 28.9 Å². The first-order valence-corrected chi connectivity index (χ1v) is 5.92. The van der Waals surface area contributed by atoms with Crippen molar-refractivity contribution < 1.29 is 23.5 Å². The lowest BCUT2D eigenvalue weighted by molar-refractivity contribution is -0.109. The van der Waals surface area contributed by atoms with Gasteiger partial charge in [-0.3, -0.25) is 4.79 Å². The van der Waals surface area contributed by atoms with Crippen LogP contribution in [0.2, 0.25) is 0 Å². The monoisotopic (exact) mass is 272 g/mol. The number of carbonyl (C=O) groups excluding carboxylic acids is 1. The molecule has 6 heteroatoms. The average molecular weight is 272 g/mol. The minimum Gasteiger partial charge on any atom is -0.477 e. The Balaban J connectivity index is 2.87. The molecule has 0 amide bonds. The van der Waals surface area contributed by atoms with Crippen LogP contribution in [-0.4, -0.2) is 21.9 Å². The molecule has 0 saturated heterocycles. The number of rotatable bonds is 4. The van der Waals surface area contributed by atoms with Crippen LogP contribution in [0, 0.1) is 11.6 Å². The van der Waals surface area contributed by atoms with Gasteiger partial charge in [0.05, 0.1) is 0 Å². The third kappa shape index (κ3) is 3.96. The molecule has 3 nitrogen and oxygen atoms in total. The summed E-state index contributed by atoms with van der Waals surface area (Å²) in [5, 5.41) is 8.52. The number of carbonyl (C=O) groups is 2. The van der Waals surface area contributed by atoms with Crippen LogP contribution in [0.4, 0.5) is 8.78 Å². The van der Waals surface area contributed by atoms with Crippen LogP contribution < -0.4 is 0 Å². The fourth-order valence-electron chi connectivity index (χ4n) is 1.24. The molecule has 96 valence electrons. The van der Waals surface area contributed by atoms with Crippen LogP contribution >= 0.6 is 11.8 Å². The molecule has 0 radical (unpaired) electrons. The Kier molecular flexibility index (Phi) is 5.03. The Hall–Kier alpha value is -1.69. The summed E-state index contributed by atoms with van der Waals surface area (Å²) in [6.45, 7) is 1.42. The van der Waals surface area contributed by atoms with Gasteiger partial charge in [-0.1, -0.05) is 23.9 Å². The summed E-state index contributed by atoms with van der Waals surface area (Å²) in [5.41, 5.74) is -0.760. The quantitative estimate of drug-likeness (QED) is 0.915. The Morgan fingerprint density at radius 2 is 1.89 bits per heavy atom. The minimum atomic E-state index is -1.65. The van der Waals surface area contributed by atoms with Crippen molar-refractivity contribution in [2.45, 2.75) is 6.92 Å².